The summed E-state index contributed by atoms with van der Waals surface area (Å²) in [6, 6.07) is 6.04. The van der Waals surface area contributed by atoms with E-state index in [1.807, 2.05) is 26.2 Å². The topological polar surface area (TPSA) is 32.3 Å². The Morgan fingerprint density at radius 2 is 2.29 bits per heavy atom. The molecule has 0 aromatic heterocycles. The normalized spacial score (nSPS) is 14.7. The van der Waals surface area contributed by atoms with Crippen molar-refractivity contribution in [2.45, 2.75) is 13.1 Å². The lowest BCUT2D eigenvalue weighted by atomic mass is 10.1. The summed E-state index contributed by atoms with van der Waals surface area (Å²) in [6.45, 7) is 1.59. The van der Waals surface area contributed by atoms with Gasteiger partial charge in [0.25, 0.3) is 5.91 Å². The second-order valence-corrected chi connectivity index (χ2v) is 3.68. The number of rotatable bonds is 2. The number of carbonyl (C=O) groups is 1. The molecule has 0 aliphatic carbocycles. The first-order chi connectivity index (χ1) is 6.72. The number of nitrogens with one attached hydrogen (secondary N) is 1. The molecule has 0 saturated carbocycles. The average Bonchev–Trinajstić information content (AvgIpc) is 2.43. The maximum absolute atomic E-state index is 11.6. The summed E-state index contributed by atoms with van der Waals surface area (Å²) in [5.41, 5.74) is 3.23. The molecule has 0 atom stereocenters. The van der Waals surface area contributed by atoms with Crippen molar-refractivity contribution in [3.63, 3.8) is 0 Å². The zero-order chi connectivity index (χ0) is 10.1. The summed E-state index contributed by atoms with van der Waals surface area (Å²) in [5, 5.41) is 3.10. The van der Waals surface area contributed by atoms with Gasteiger partial charge in [0.15, 0.2) is 0 Å². The standard InChI is InChI=1S/C11H14N2O/c1-12-6-8-3-4-10-9(5-8)7-13(2)11(10)14/h3-5,12H,6-7H2,1-2H3. The van der Waals surface area contributed by atoms with Crippen molar-refractivity contribution < 1.29 is 4.79 Å². The molecule has 2 rings (SSSR count). The number of carbonyl (C=O) groups excluding carboxylic acids is 1. The van der Waals surface area contributed by atoms with Crippen LogP contribution in [0.15, 0.2) is 18.2 Å². The summed E-state index contributed by atoms with van der Waals surface area (Å²) in [4.78, 5) is 13.3. The van der Waals surface area contributed by atoms with Crippen molar-refractivity contribution in [3.8, 4) is 0 Å². The predicted octanol–water partition coefficient (Wildman–Crippen LogP) is 0.992. The number of fused-ring (bicyclic) bond motifs is 1. The molecule has 14 heavy (non-hydrogen) atoms. The van der Waals surface area contributed by atoms with Crippen LogP contribution in [0.3, 0.4) is 0 Å². The molecule has 0 saturated heterocycles. The van der Waals surface area contributed by atoms with Crippen LogP contribution >= 0.6 is 0 Å². The first-order valence-electron chi connectivity index (χ1n) is 4.74. The minimum absolute atomic E-state index is 0.135. The third-order valence-corrected chi connectivity index (χ3v) is 2.54. The van der Waals surface area contributed by atoms with Gasteiger partial charge >= 0.3 is 0 Å². The van der Waals surface area contributed by atoms with Gasteiger partial charge in [-0.2, -0.15) is 0 Å². The lowest BCUT2D eigenvalue weighted by Gasteiger charge is -2.04. The molecule has 1 aliphatic heterocycles. The van der Waals surface area contributed by atoms with E-state index in [9.17, 15) is 4.79 Å². The van der Waals surface area contributed by atoms with E-state index in [-0.39, 0.29) is 5.91 Å². The Morgan fingerprint density at radius 1 is 1.50 bits per heavy atom. The highest BCUT2D eigenvalue weighted by Crippen LogP contribution is 2.22. The Kier molecular flexibility index (Phi) is 2.25. The molecule has 1 aliphatic rings. The van der Waals surface area contributed by atoms with E-state index in [1.54, 1.807) is 4.90 Å². The van der Waals surface area contributed by atoms with E-state index in [0.717, 1.165) is 24.2 Å². The number of amides is 1. The predicted molar refractivity (Wildman–Crippen MR) is 55.0 cm³/mol. The highest BCUT2D eigenvalue weighted by atomic mass is 16.2. The first-order valence-corrected chi connectivity index (χ1v) is 4.74. The molecule has 74 valence electrons. The monoisotopic (exact) mass is 190 g/mol. The molecule has 3 heteroatoms. The molecule has 0 unspecified atom stereocenters. The molecule has 1 heterocycles. The fraction of sp³-hybridized carbons (Fsp3) is 0.364. The van der Waals surface area contributed by atoms with E-state index in [2.05, 4.69) is 11.4 Å². The van der Waals surface area contributed by atoms with Gasteiger partial charge in [0.05, 0.1) is 0 Å². The molecule has 0 spiro atoms. The van der Waals surface area contributed by atoms with E-state index in [1.165, 1.54) is 5.56 Å². The largest absolute Gasteiger partial charge is 0.337 e. The average molecular weight is 190 g/mol. The molecule has 1 aromatic rings. The van der Waals surface area contributed by atoms with Gasteiger partial charge in [-0.15, -0.1) is 0 Å². The number of hydrogen-bond acceptors (Lipinski definition) is 2. The van der Waals surface area contributed by atoms with Crippen LogP contribution in [-0.2, 0) is 13.1 Å². The summed E-state index contributed by atoms with van der Waals surface area (Å²) < 4.78 is 0. The summed E-state index contributed by atoms with van der Waals surface area (Å²) >= 11 is 0. The van der Waals surface area contributed by atoms with Gasteiger partial charge in [-0.3, -0.25) is 4.79 Å². The number of hydrogen-bond donors (Lipinski definition) is 1. The summed E-state index contributed by atoms with van der Waals surface area (Å²) in [6.07, 6.45) is 0. The maximum Gasteiger partial charge on any atom is 0.254 e. The zero-order valence-electron chi connectivity index (χ0n) is 8.50. The van der Waals surface area contributed by atoms with E-state index in [0.29, 0.717) is 0 Å². The molecule has 0 fully saturated rings. The molecular formula is C11H14N2O. The third kappa shape index (κ3) is 1.40. The van der Waals surface area contributed by atoms with Gasteiger partial charge in [0.1, 0.15) is 0 Å². The van der Waals surface area contributed by atoms with Crippen LogP contribution in [0.25, 0.3) is 0 Å². The second-order valence-electron chi connectivity index (χ2n) is 3.68. The molecule has 1 aromatic carbocycles. The van der Waals surface area contributed by atoms with Gasteiger partial charge in [-0.05, 0) is 24.2 Å². The summed E-state index contributed by atoms with van der Waals surface area (Å²) in [7, 11) is 3.75. The summed E-state index contributed by atoms with van der Waals surface area (Å²) in [5.74, 6) is 0.135. The SMILES string of the molecule is CNCc1ccc2c(c1)CN(C)C2=O. The molecule has 1 N–H and O–H groups in total. The molecular weight excluding hydrogens is 176 g/mol. The second kappa shape index (κ2) is 3.42. The lowest BCUT2D eigenvalue weighted by Crippen LogP contribution is -2.17. The maximum atomic E-state index is 11.6. The smallest absolute Gasteiger partial charge is 0.254 e. The van der Waals surface area contributed by atoms with Gasteiger partial charge in [-0.25, -0.2) is 0 Å². The van der Waals surface area contributed by atoms with Crippen LogP contribution in [-0.4, -0.2) is 24.9 Å². The van der Waals surface area contributed by atoms with Gasteiger partial charge in [0, 0.05) is 25.7 Å². The first kappa shape index (κ1) is 9.21. The van der Waals surface area contributed by atoms with Crippen LogP contribution < -0.4 is 5.32 Å². The van der Waals surface area contributed by atoms with Crippen LogP contribution in [0.1, 0.15) is 21.5 Å². The third-order valence-electron chi connectivity index (χ3n) is 2.54. The fourth-order valence-electron chi connectivity index (χ4n) is 1.83. The van der Waals surface area contributed by atoms with Gasteiger partial charge in [-0.1, -0.05) is 12.1 Å². The molecule has 3 nitrogen and oxygen atoms in total. The Bertz CT molecular complexity index is 374. The van der Waals surface area contributed by atoms with Gasteiger partial charge < -0.3 is 10.2 Å². The highest BCUT2D eigenvalue weighted by molar-refractivity contribution is 5.98. The quantitative estimate of drug-likeness (QED) is 0.754. The zero-order valence-corrected chi connectivity index (χ0v) is 8.50. The van der Waals surface area contributed by atoms with Crippen molar-refractivity contribution in [3.05, 3.63) is 34.9 Å². The van der Waals surface area contributed by atoms with Crippen molar-refractivity contribution in [1.29, 1.82) is 0 Å². The van der Waals surface area contributed by atoms with Crippen molar-refractivity contribution in [1.82, 2.24) is 10.2 Å². The van der Waals surface area contributed by atoms with Crippen LogP contribution in [0.4, 0.5) is 0 Å². The minimum Gasteiger partial charge on any atom is -0.337 e. The van der Waals surface area contributed by atoms with Crippen LogP contribution in [0, 0.1) is 0 Å². The van der Waals surface area contributed by atoms with Crippen LogP contribution in [0.5, 0.6) is 0 Å². The van der Waals surface area contributed by atoms with E-state index in [4.69, 9.17) is 0 Å². The van der Waals surface area contributed by atoms with E-state index < -0.39 is 0 Å². The fourth-order valence-corrected chi connectivity index (χ4v) is 1.83. The Hall–Kier alpha value is -1.35. The molecule has 0 bridgehead atoms. The molecule has 0 radical (unpaired) electrons. The lowest BCUT2D eigenvalue weighted by molar-refractivity contribution is 0.0816. The van der Waals surface area contributed by atoms with E-state index >= 15 is 0 Å². The molecule has 1 amide bonds. The number of benzene rings is 1. The Labute approximate surface area is 83.7 Å². The van der Waals surface area contributed by atoms with Crippen LogP contribution in [0.2, 0.25) is 0 Å². The Morgan fingerprint density at radius 3 is 3.00 bits per heavy atom. The van der Waals surface area contributed by atoms with Crippen molar-refractivity contribution in [2.24, 2.45) is 0 Å². The number of nitrogens with zero attached hydrogens (tertiary/aromatic N) is 1. The van der Waals surface area contributed by atoms with Gasteiger partial charge in [0.2, 0.25) is 0 Å². The highest BCUT2D eigenvalue weighted by Gasteiger charge is 2.23. The minimum atomic E-state index is 0.135. The van der Waals surface area contributed by atoms with Crippen molar-refractivity contribution in [2.75, 3.05) is 14.1 Å². The Balaban J connectivity index is 2.34. The van der Waals surface area contributed by atoms with Crippen molar-refractivity contribution >= 4 is 5.91 Å².